The normalized spacial score (nSPS) is 10.5. The van der Waals surface area contributed by atoms with Crippen molar-refractivity contribution < 1.29 is 9.66 Å². The summed E-state index contributed by atoms with van der Waals surface area (Å²) in [5.74, 6) is 1.24. The molecule has 2 aromatic carbocycles. The maximum absolute atomic E-state index is 10.8. The summed E-state index contributed by atoms with van der Waals surface area (Å²) in [6.45, 7) is 1.69. The van der Waals surface area contributed by atoms with Gasteiger partial charge in [0, 0.05) is 23.2 Å². The van der Waals surface area contributed by atoms with Crippen molar-refractivity contribution in [3.8, 4) is 11.5 Å². The molecule has 0 radical (unpaired) electrons. The molecule has 0 aliphatic heterocycles. The van der Waals surface area contributed by atoms with Crippen LogP contribution in [0.5, 0.6) is 11.5 Å². The molecular formula is C16H12N2O3. The molecule has 0 spiro atoms. The van der Waals surface area contributed by atoms with Crippen LogP contribution in [-0.4, -0.2) is 9.91 Å². The Bertz CT molecular complexity index is 831. The monoisotopic (exact) mass is 280 g/mol. The Labute approximate surface area is 121 Å². The lowest BCUT2D eigenvalue weighted by Crippen LogP contribution is -1.92. The zero-order chi connectivity index (χ0) is 14.8. The van der Waals surface area contributed by atoms with Gasteiger partial charge >= 0.3 is 0 Å². The van der Waals surface area contributed by atoms with Gasteiger partial charge in [-0.2, -0.15) is 0 Å². The molecule has 3 aromatic rings. The average Bonchev–Trinajstić information content (AvgIpc) is 2.47. The highest BCUT2D eigenvalue weighted by Gasteiger charge is 2.11. The number of aryl methyl sites for hydroxylation is 1. The first-order chi connectivity index (χ1) is 10.1. The van der Waals surface area contributed by atoms with E-state index in [1.165, 1.54) is 6.07 Å². The van der Waals surface area contributed by atoms with Crippen molar-refractivity contribution in [2.24, 2.45) is 0 Å². The molecule has 5 nitrogen and oxygen atoms in total. The maximum Gasteiger partial charge on any atom is 0.272 e. The van der Waals surface area contributed by atoms with Crippen LogP contribution in [0.4, 0.5) is 5.69 Å². The minimum absolute atomic E-state index is 0.0880. The van der Waals surface area contributed by atoms with Crippen LogP contribution in [0.2, 0.25) is 0 Å². The second kappa shape index (κ2) is 5.20. The molecule has 104 valence electrons. The zero-order valence-corrected chi connectivity index (χ0v) is 11.3. The maximum atomic E-state index is 10.8. The van der Waals surface area contributed by atoms with E-state index >= 15 is 0 Å². The first-order valence-electron chi connectivity index (χ1n) is 6.41. The fourth-order valence-electron chi connectivity index (χ4n) is 2.15. The standard InChI is InChI=1S/C16H12N2O3/c1-11-9-13(5-7-16(11)18(19)20)21-14-4-6-15-12(10-14)3-2-8-17-15/h2-10H,1H3. The lowest BCUT2D eigenvalue weighted by molar-refractivity contribution is -0.385. The number of hydrogen-bond acceptors (Lipinski definition) is 4. The Morgan fingerprint density at radius 1 is 1.10 bits per heavy atom. The number of hydrogen-bond donors (Lipinski definition) is 0. The summed E-state index contributed by atoms with van der Waals surface area (Å²) in [6, 6.07) is 14.1. The molecule has 0 N–H and O–H groups in total. The Kier molecular flexibility index (Phi) is 3.23. The zero-order valence-electron chi connectivity index (χ0n) is 11.3. The Morgan fingerprint density at radius 3 is 2.62 bits per heavy atom. The molecule has 0 amide bonds. The minimum Gasteiger partial charge on any atom is -0.457 e. The number of benzene rings is 2. The highest BCUT2D eigenvalue weighted by atomic mass is 16.6. The summed E-state index contributed by atoms with van der Waals surface area (Å²) >= 11 is 0. The third-order valence-electron chi connectivity index (χ3n) is 3.18. The van der Waals surface area contributed by atoms with Crippen LogP contribution in [-0.2, 0) is 0 Å². The molecule has 0 aliphatic rings. The van der Waals surface area contributed by atoms with Gasteiger partial charge in [-0.05, 0) is 43.3 Å². The summed E-state index contributed by atoms with van der Waals surface area (Å²) in [6.07, 6.45) is 1.74. The van der Waals surface area contributed by atoms with Gasteiger partial charge in [-0.3, -0.25) is 15.1 Å². The summed E-state index contributed by atoms with van der Waals surface area (Å²) in [5.41, 5.74) is 1.55. The van der Waals surface area contributed by atoms with Crippen LogP contribution in [0.25, 0.3) is 10.9 Å². The van der Waals surface area contributed by atoms with Crippen molar-refractivity contribution in [3.63, 3.8) is 0 Å². The summed E-state index contributed by atoms with van der Waals surface area (Å²) in [5, 5.41) is 11.8. The molecule has 0 unspecified atom stereocenters. The number of nitrogens with zero attached hydrogens (tertiary/aromatic N) is 2. The third kappa shape index (κ3) is 2.67. The predicted octanol–water partition coefficient (Wildman–Crippen LogP) is 4.24. The number of fused-ring (bicyclic) bond motifs is 1. The smallest absolute Gasteiger partial charge is 0.272 e. The van der Waals surface area contributed by atoms with Gasteiger partial charge < -0.3 is 4.74 Å². The fourth-order valence-corrected chi connectivity index (χ4v) is 2.15. The van der Waals surface area contributed by atoms with E-state index in [4.69, 9.17) is 4.74 Å². The average molecular weight is 280 g/mol. The first-order valence-corrected chi connectivity index (χ1v) is 6.41. The fraction of sp³-hybridized carbons (Fsp3) is 0.0625. The van der Waals surface area contributed by atoms with E-state index in [2.05, 4.69) is 4.98 Å². The van der Waals surface area contributed by atoms with Crippen LogP contribution in [0, 0.1) is 17.0 Å². The van der Waals surface area contributed by atoms with E-state index in [-0.39, 0.29) is 5.69 Å². The second-order valence-electron chi connectivity index (χ2n) is 4.67. The number of nitro groups is 1. The van der Waals surface area contributed by atoms with Gasteiger partial charge in [-0.1, -0.05) is 6.07 Å². The number of nitro benzene ring substituents is 1. The highest BCUT2D eigenvalue weighted by Crippen LogP contribution is 2.28. The molecule has 0 saturated carbocycles. The number of rotatable bonds is 3. The van der Waals surface area contributed by atoms with Gasteiger partial charge in [0.2, 0.25) is 0 Å². The molecule has 0 aliphatic carbocycles. The molecule has 3 rings (SSSR count). The summed E-state index contributed by atoms with van der Waals surface area (Å²) in [7, 11) is 0. The van der Waals surface area contributed by atoms with Crippen LogP contribution < -0.4 is 4.74 Å². The van der Waals surface area contributed by atoms with Crippen molar-refractivity contribution in [3.05, 3.63) is 70.4 Å². The quantitative estimate of drug-likeness (QED) is 0.531. The summed E-state index contributed by atoms with van der Waals surface area (Å²) < 4.78 is 5.75. The van der Waals surface area contributed by atoms with E-state index in [9.17, 15) is 10.1 Å². The van der Waals surface area contributed by atoms with Gasteiger partial charge in [-0.25, -0.2) is 0 Å². The molecular weight excluding hydrogens is 268 g/mol. The Hall–Kier alpha value is -2.95. The molecule has 1 aromatic heterocycles. The van der Waals surface area contributed by atoms with Crippen LogP contribution >= 0.6 is 0 Å². The number of pyridine rings is 1. The van der Waals surface area contributed by atoms with Crippen molar-refractivity contribution in [1.82, 2.24) is 4.98 Å². The molecule has 0 bridgehead atoms. The Morgan fingerprint density at radius 2 is 1.86 bits per heavy atom. The topological polar surface area (TPSA) is 65.3 Å². The Balaban J connectivity index is 1.91. The summed E-state index contributed by atoms with van der Waals surface area (Å²) in [4.78, 5) is 14.6. The van der Waals surface area contributed by atoms with Crippen LogP contribution in [0.3, 0.4) is 0 Å². The van der Waals surface area contributed by atoms with Crippen molar-refractivity contribution in [2.75, 3.05) is 0 Å². The van der Waals surface area contributed by atoms with E-state index in [1.807, 2.05) is 30.3 Å². The third-order valence-corrected chi connectivity index (χ3v) is 3.18. The van der Waals surface area contributed by atoms with E-state index in [0.29, 0.717) is 17.1 Å². The highest BCUT2D eigenvalue weighted by molar-refractivity contribution is 5.79. The lowest BCUT2D eigenvalue weighted by atomic mass is 10.2. The van der Waals surface area contributed by atoms with Gasteiger partial charge in [0.05, 0.1) is 10.4 Å². The molecule has 1 heterocycles. The van der Waals surface area contributed by atoms with Gasteiger partial charge in [-0.15, -0.1) is 0 Å². The SMILES string of the molecule is Cc1cc(Oc2ccc3ncccc3c2)ccc1[N+](=O)[O-]. The molecule has 0 atom stereocenters. The van der Waals surface area contributed by atoms with E-state index in [0.717, 1.165) is 10.9 Å². The van der Waals surface area contributed by atoms with Crippen LogP contribution in [0.1, 0.15) is 5.56 Å². The number of ether oxygens (including phenoxy) is 1. The van der Waals surface area contributed by atoms with Gasteiger partial charge in [0.25, 0.3) is 5.69 Å². The van der Waals surface area contributed by atoms with E-state index < -0.39 is 4.92 Å². The molecule has 0 saturated heterocycles. The van der Waals surface area contributed by atoms with Crippen LogP contribution in [0.15, 0.2) is 54.7 Å². The van der Waals surface area contributed by atoms with Crippen molar-refractivity contribution in [2.45, 2.75) is 6.92 Å². The molecule has 21 heavy (non-hydrogen) atoms. The minimum atomic E-state index is -0.402. The molecule has 5 heteroatoms. The molecule has 0 fully saturated rings. The van der Waals surface area contributed by atoms with Crippen molar-refractivity contribution in [1.29, 1.82) is 0 Å². The second-order valence-corrected chi connectivity index (χ2v) is 4.67. The van der Waals surface area contributed by atoms with E-state index in [1.54, 1.807) is 25.3 Å². The van der Waals surface area contributed by atoms with Gasteiger partial charge in [0.1, 0.15) is 11.5 Å². The number of aromatic nitrogens is 1. The van der Waals surface area contributed by atoms with Crippen molar-refractivity contribution >= 4 is 16.6 Å². The first kappa shape index (κ1) is 13.1. The van der Waals surface area contributed by atoms with Gasteiger partial charge in [0.15, 0.2) is 0 Å². The lowest BCUT2D eigenvalue weighted by Gasteiger charge is -2.07. The largest absolute Gasteiger partial charge is 0.457 e. The predicted molar refractivity (Wildman–Crippen MR) is 79.7 cm³/mol.